The number of thioether (sulfide) groups is 1. The number of nitrogens with one attached hydrogen (secondary N) is 2. The van der Waals surface area contributed by atoms with E-state index in [2.05, 4.69) is 29.4 Å². The van der Waals surface area contributed by atoms with Crippen LogP contribution in [0.1, 0.15) is 82.5 Å². The number of methoxy groups -OCH3 is 3. The molecule has 0 bridgehead atoms. The molecule has 4 amide bonds. The smallest absolute Gasteiger partial charge is 0.333 e. The molecule has 22 nitrogen and oxygen atoms in total. The lowest BCUT2D eigenvalue weighted by molar-refractivity contribution is -0.197. The second-order valence-electron chi connectivity index (χ2n) is 21.8. The highest BCUT2D eigenvalue weighted by atomic mass is 32.2. The topological polar surface area (TPSA) is 251 Å². The minimum absolute atomic E-state index is 0.000397. The van der Waals surface area contributed by atoms with E-state index in [1.54, 1.807) is 43.1 Å². The van der Waals surface area contributed by atoms with E-state index in [-0.39, 0.29) is 73.6 Å². The number of para-hydroxylation sites is 2. The van der Waals surface area contributed by atoms with Gasteiger partial charge in [-0.15, -0.1) is 5.06 Å². The summed E-state index contributed by atoms with van der Waals surface area (Å²) in [5.41, 5.74) is 6.79. The number of nitrogens with zero attached hydrogens (tertiary/aromatic N) is 4. The van der Waals surface area contributed by atoms with Crippen molar-refractivity contribution < 1.29 is 74.9 Å². The molecule has 0 radical (unpaired) electrons. The number of amides is 4. The second kappa shape index (κ2) is 26.3. The first kappa shape index (κ1) is 60.5. The number of ether oxygens (including phenoxy) is 7. The van der Waals surface area contributed by atoms with Crippen LogP contribution in [0.4, 0.5) is 28.4 Å². The number of rotatable bonds is 27. The number of benzene rings is 5. The standard InChI is InChI=1S/C61H70N6O16S2/c1-61(2,84-24-10-15-57(70)83-67-55(68)16-17-56(67)69)37-64(18-19-79-22-23-80-21-20-76-3)42-26-38(35-81-53-32-46-44(30-51(53)77-4)59(71)65-43(34-62-46)28-40-11-6-8-13-48(40)65)25-39(27-42)36-82-54-33-47-45(31-52(54)78-5)60(72)66-49-14-9-7-12-41(49)29-50(66)58(63-47)85(73,74)75/h6-9,11-14,25-27,30-33,43,50,58,62-63H,10,15-24,28-29,34-37H2,1-5H3,(H,73,74,75)/t43-,50+,58?/m1/s1. The van der Waals surface area contributed by atoms with Crippen LogP contribution in [-0.4, -0.2) is 150 Å². The summed E-state index contributed by atoms with van der Waals surface area (Å²) in [7, 11) is -0.201. The average Bonchev–Trinajstić information content (AvgIpc) is 1.94. The summed E-state index contributed by atoms with van der Waals surface area (Å²) in [5, 5.41) is 5.46. The lowest BCUT2D eigenvalue weighted by Gasteiger charge is -2.34. The van der Waals surface area contributed by atoms with Crippen LogP contribution in [0.25, 0.3) is 0 Å². The normalized spacial score (nSPS) is 17.8. The quantitative estimate of drug-likeness (QED) is 0.0262. The summed E-state index contributed by atoms with van der Waals surface area (Å²) >= 11 is 1.64. The predicted octanol–water partition coefficient (Wildman–Crippen LogP) is 7.45. The molecule has 5 heterocycles. The minimum Gasteiger partial charge on any atom is -0.493 e. The Kier molecular flexibility index (Phi) is 18.8. The lowest BCUT2D eigenvalue weighted by atomic mass is 10.1. The minimum atomic E-state index is -4.77. The summed E-state index contributed by atoms with van der Waals surface area (Å²) in [6, 6.07) is 26.5. The fourth-order valence-electron chi connectivity index (χ4n) is 11.3. The highest BCUT2D eigenvalue weighted by Crippen LogP contribution is 2.44. The van der Waals surface area contributed by atoms with E-state index in [0.29, 0.717) is 104 Å². The molecule has 5 aromatic carbocycles. The SMILES string of the molecule is COCCOCCOCCN(CC(C)(C)SCCCC(=O)ON1C(=O)CCC1=O)c1cc(COc2cc3c(cc2OC)C(=O)N2c4ccccc4C[C@@H]2CN3)cc(COc2cc3c(cc2OC)C(=O)N2c4ccccc4C[C@H]2C(S(=O)(=O)O)N3)c1. The third kappa shape index (κ3) is 13.7. The third-order valence-electron chi connectivity index (χ3n) is 15.4. The average molecular weight is 1210 g/mol. The van der Waals surface area contributed by atoms with Gasteiger partial charge in [0.25, 0.3) is 33.7 Å². The Morgan fingerprint density at radius 2 is 1.29 bits per heavy atom. The fourth-order valence-corrected chi connectivity index (χ4v) is 13.3. The van der Waals surface area contributed by atoms with Gasteiger partial charge in [0.2, 0.25) is 0 Å². The van der Waals surface area contributed by atoms with Crippen molar-refractivity contribution in [2.24, 2.45) is 0 Å². The van der Waals surface area contributed by atoms with Crippen LogP contribution in [0.15, 0.2) is 91.0 Å². The van der Waals surface area contributed by atoms with E-state index in [1.165, 1.54) is 31.3 Å². The Bertz CT molecular complexity index is 3440. The Morgan fingerprint density at radius 3 is 1.93 bits per heavy atom. The number of hydrogen-bond acceptors (Lipinski definition) is 19. The third-order valence-corrected chi connectivity index (χ3v) is 17.9. The Hall–Kier alpha value is -7.61. The molecule has 5 aromatic rings. The fraction of sp³-hybridized carbons (Fsp3) is 0.426. The van der Waals surface area contributed by atoms with Crippen molar-refractivity contribution >= 4 is 79.9 Å². The molecule has 1 unspecified atom stereocenters. The summed E-state index contributed by atoms with van der Waals surface area (Å²) < 4.78 is 78.3. The van der Waals surface area contributed by atoms with Gasteiger partial charge in [-0.3, -0.25) is 23.7 Å². The number of hydrogen-bond donors (Lipinski definition) is 3. The number of fused-ring (bicyclic) bond motifs is 8. The van der Waals surface area contributed by atoms with Gasteiger partial charge in [0.15, 0.2) is 28.4 Å². The molecule has 3 atom stereocenters. The summed E-state index contributed by atoms with van der Waals surface area (Å²) in [4.78, 5) is 76.2. The monoisotopic (exact) mass is 1210 g/mol. The van der Waals surface area contributed by atoms with Gasteiger partial charge in [-0.25, -0.2) is 4.79 Å². The Morgan fingerprint density at radius 1 is 0.718 bits per heavy atom. The van der Waals surface area contributed by atoms with Crippen molar-refractivity contribution in [2.45, 2.75) is 87.8 Å². The van der Waals surface area contributed by atoms with E-state index in [0.717, 1.165) is 34.5 Å². The van der Waals surface area contributed by atoms with E-state index < -0.39 is 50.0 Å². The van der Waals surface area contributed by atoms with Crippen molar-refractivity contribution in [1.82, 2.24) is 5.06 Å². The van der Waals surface area contributed by atoms with Crippen LogP contribution < -0.4 is 44.3 Å². The van der Waals surface area contributed by atoms with Gasteiger partial charge in [0.1, 0.15) is 13.2 Å². The molecule has 452 valence electrons. The van der Waals surface area contributed by atoms with Gasteiger partial charge in [-0.2, -0.15) is 20.2 Å². The van der Waals surface area contributed by atoms with E-state index in [1.807, 2.05) is 59.5 Å². The van der Waals surface area contributed by atoms with Crippen LogP contribution in [-0.2, 0) is 69.6 Å². The van der Waals surface area contributed by atoms with Gasteiger partial charge in [0.05, 0.1) is 81.8 Å². The van der Waals surface area contributed by atoms with Crippen molar-refractivity contribution in [1.29, 1.82) is 0 Å². The molecule has 3 N–H and O–H groups in total. The Labute approximate surface area is 498 Å². The first-order chi connectivity index (χ1) is 40.9. The van der Waals surface area contributed by atoms with Crippen LogP contribution in [0.3, 0.4) is 0 Å². The number of anilines is 5. The maximum atomic E-state index is 14.5. The van der Waals surface area contributed by atoms with Gasteiger partial charge < -0.3 is 63.3 Å². The predicted molar refractivity (Wildman–Crippen MR) is 319 cm³/mol. The largest absolute Gasteiger partial charge is 0.493 e. The van der Waals surface area contributed by atoms with E-state index in [9.17, 15) is 36.9 Å². The first-order valence-corrected chi connectivity index (χ1v) is 30.6. The zero-order valence-electron chi connectivity index (χ0n) is 48.1. The molecule has 5 aliphatic rings. The molecule has 0 aromatic heterocycles. The maximum Gasteiger partial charge on any atom is 0.333 e. The van der Waals surface area contributed by atoms with Crippen molar-refractivity contribution in [2.75, 3.05) is 105 Å². The van der Waals surface area contributed by atoms with Gasteiger partial charge in [-0.05, 0) is 104 Å². The highest BCUT2D eigenvalue weighted by molar-refractivity contribution is 8.00. The van der Waals surface area contributed by atoms with Crippen LogP contribution in [0, 0.1) is 0 Å². The van der Waals surface area contributed by atoms with E-state index in [4.69, 9.17) is 38.0 Å². The van der Waals surface area contributed by atoms with Crippen LogP contribution in [0.5, 0.6) is 23.0 Å². The van der Waals surface area contributed by atoms with Gasteiger partial charge in [0, 0.05) is 79.9 Å². The molecule has 24 heteroatoms. The lowest BCUT2D eigenvalue weighted by Crippen LogP contribution is -2.49. The number of imide groups is 1. The van der Waals surface area contributed by atoms with Gasteiger partial charge in [-0.1, -0.05) is 36.4 Å². The summed E-state index contributed by atoms with van der Waals surface area (Å²) in [6.45, 7) is 7.48. The zero-order chi connectivity index (χ0) is 60.0. The van der Waals surface area contributed by atoms with Crippen molar-refractivity contribution in [3.63, 3.8) is 0 Å². The number of carbonyl (C=O) groups excluding carboxylic acids is 5. The van der Waals surface area contributed by atoms with Crippen molar-refractivity contribution in [3.05, 3.63) is 124 Å². The maximum absolute atomic E-state index is 14.5. The molecule has 1 fully saturated rings. The molecule has 10 rings (SSSR count). The highest BCUT2D eigenvalue weighted by Gasteiger charge is 2.47. The molecule has 85 heavy (non-hydrogen) atoms. The number of hydroxylamine groups is 2. The molecular formula is C61H70N6O16S2. The summed E-state index contributed by atoms with van der Waals surface area (Å²) in [5.74, 6) is -0.677. The van der Waals surface area contributed by atoms with Crippen molar-refractivity contribution in [3.8, 4) is 23.0 Å². The van der Waals surface area contributed by atoms with E-state index >= 15 is 0 Å². The molecule has 0 spiro atoms. The molecular weight excluding hydrogens is 1140 g/mol. The zero-order valence-corrected chi connectivity index (χ0v) is 49.7. The van der Waals surface area contributed by atoms with Crippen LogP contribution >= 0.6 is 11.8 Å². The Balaban J connectivity index is 0.942. The number of carbonyl (C=O) groups is 5. The first-order valence-electron chi connectivity index (χ1n) is 28.2. The molecule has 1 saturated heterocycles. The summed E-state index contributed by atoms with van der Waals surface area (Å²) in [6.07, 6.45) is 1.34. The molecule has 5 aliphatic heterocycles. The molecule has 0 saturated carbocycles. The van der Waals surface area contributed by atoms with Gasteiger partial charge >= 0.3 is 5.97 Å². The second-order valence-corrected chi connectivity index (χ2v) is 25.1. The van der Waals surface area contributed by atoms with Crippen LogP contribution in [0.2, 0.25) is 0 Å². The molecule has 0 aliphatic carbocycles.